The number of hydrogen-bond acceptors (Lipinski definition) is 12. The molecule has 0 spiro atoms. The number of amides is 4. The number of fused-ring (bicyclic) bond motifs is 6. The van der Waals surface area contributed by atoms with Crippen LogP contribution in [0.5, 0.6) is 0 Å². The molecule has 7 rings (SSSR count). The van der Waals surface area contributed by atoms with E-state index in [0.29, 0.717) is 36.9 Å². The number of urea groups is 1. The van der Waals surface area contributed by atoms with E-state index < -0.39 is 46.5 Å². The summed E-state index contributed by atoms with van der Waals surface area (Å²) in [6.07, 6.45) is 2.28. The van der Waals surface area contributed by atoms with Crippen LogP contribution in [-0.4, -0.2) is 129 Å². The number of nitrogens with zero attached hydrogens (tertiary/aromatic N) is 6. The van der Waals surface area contributed by atoms with Gasteiger partial charge < -0.3 is 39.0 Å². The minimum absolute atomic E-state index is 0.00109. The zero-order valence-electron chi connectivity index (χ0n) is 38.1. The van der Waals surface area contributed by atoms with Crippen LogP contribution in [0.25, 0.3) is 33.4 Å². The second-order valence-electron chi connectivity index (χ2n) is 18.6. The third kappa shape index (κ3) is 8.95. The van der Waals surface area contributed by atoms with Crippen LogP contribution >= 0.6 is 11.3 Å². The van der Waals surface area contributed by atoms with E-state index in [4.69, 9.17) is 24.2 Å². The van der Waals surface area contributed by atoms with Crippen molar-refractivity contribution in [3.8, 4) is 22.5 Å². The van der Waals surface area contributed by atoms with Crippen LogP contribution in [0.4, 0.5) is 4.79 Å². The monoisotopic (exact) mass is 886 g/mol. The molecule has 63 heavy (non-hydrogen) atoms. The second kappa shape index (κ2) is 17.9. The summed E-state index contributed by atoms with van der Waals surface area (Å²) in [5.41, 5.74) is 5.82. The Bertz CT molecular complexity index is 2370. The van der Waals surface area contributed by atoms with Gasteiger partial charge in [-0.3, -0.25) is 19.6 Å². The number of methoxy groups -OCH3 is 1. The van der Waals surface area contributed by atoms with Crippen molar-refractivity contribution < 1.29 is 38.5 Å². The first-order valence-electron chi connectivity index (χ1n) is 21.8. The molecule has 4 aromatic rings. The molecule has 0 aliphatic carbocycles. The SMILES string of the molecule is CCn1c(-c2cccnc2[C@H](C)OC)c2c3cc(ccc31)-c1csc(n1)C[C@H](NC(=O)[C@H](C(C)C)N(C)C(=O)N(C)C1(C)COC1)C(=O)N1CCC[C@@](O)(N1)C(=O)OCC(C)(C)C2. The Morgan fingerprint density at radius 3 is 2.54 bits per heavy atom. The number of hydrogen-bond donors (Lipinski definition) is 3. The molecular formula is C46H62N8O8S. The first-order chi connectivity index (χ1) is 29.8. The van der Waals surface area contributed by atoms with E-state index in [1.54, 1.807) is 32.3 Å². The number of likely N-dealkylation sites (N-methyl/N-ethyl adjacent to an activating group) is 2. The number of ether oxygens (including phenoxy) is 3. The molecule has 2 fully saturated rings. The highest BCUT2D eigenvalue weighted by Crippen LogP contribution is 2.42. The van der Waals surface area contributed by atoms with Gasteiger partial charge in [0.1, 0.15) is 12.1 Å². The van der Waals surface area contributed by atoms with Crippen molar-refractivity contribution in [2.45, 2.75) is 110 Å². The molecule has 3 N–H and O–H groups in total. The Morgan fingerprint density at radius 2 is 1.87 bits per heavy atom. The average molecular weight is 887 g/mol. The smallest absolute Gasteiger partial charge is 0.355 e. The second-order valence-corrected chi connectivity index (χ2v) is 19.6. The molecule has 0 unspecified atom stereocenters. The Kier molecular flexibility index (Phi) is 13.1. The summed E-state index contributed by atoms with van der Waals surface area (Å²) >= 11 is 1.37. The number of pyridine rings is 1. The van der Waals surface area contributed by atoms with Crippen molar-refractivity contribution in [3.63, 3.8) is 0 Å². The minimum atomic E-state index is -2.21. The van der Waals surface area contributed by atoms with Crippen LogP contribution in [0.3, 0.4) is 0 Å². The maximum atomic E-state index is 14.6. The van der Waals surface area contributed by atoms with Crippen molar-refractivity contribution in [1.29, 1.82) is 0 Å². The number of nitrogens with one attached hydrogen (secondary N) is 2. The number of aliphatic hydroxyl groups is 1. The molecule has 1 aromatic carbocycles. The standard InChI is InChI=1S/C46H62N8O8S/c1-11-53-35-16-15-29-20-31(35)32(39(53)30-14-12-18-47-37(30)28(4)60-10)22-44(5,6)24-62-42(57)46(59)17-13-19-54(50-46)41(56)33(21-36-48-34(29)23-63-36)49-40(55)38(27(2)3)51(8)43(58)52(9)45(7)25-61-26-45/h12,14-16,18,20,23,27-28,33,38,50,59H,11,13,17,19,21-22,24-26H2,1-10H3,(H,49,55)/t28-,33-,38-,46-/m0/s1. The van der Waals surface area contributed by atoms with Gasteiger partial charge in [-0.1, -0.05) is 33.8 Å². The molecule has 6 bridgehead atoms. The van der Waals surface area contributed by atoms with E-state index >= 15 is 0 Å². The summed E-state index contributed by atoms with van der Waals surface area (Å²) in [5, 5.41) is 19.5. The van der Waals surface area contributed by atoms with Crippen molar-refractivity contribution in [2.24, 2.45) is 11.3 Å². The molecule has 3 aromatic heterocycles. The predicted octanol–water partition coefficient (Wildman–Crippen LogP) is 5.32. The number of benzene rings is 1. The average Bonchev–Trinajstić information content (AvgIpc) is 3.84. The van der Waals surface area contributed by atoms with Gasteiger partial charge in [0.2, 0.25) is 11.6 Å². The fraction of sp³-hybridized carbons (Fsp3) is 0.565. The maximum Gasteiger partial charge on any atom is 0.355 e. The topological polar surface area (TPSA) is 181 Å². The number of hydrazine groups is 1. The van der Waals surface area contributed by atoms with Crippen molar-refractivity contribution >= 4 is 46.1 Å². The lowest BCUT2D eigenvalue weighted by Crippen LogP contribution is -2.68. The van der Waals surface area contributed by atoms with E-state index in [-0.39, 0.29) is 50.5 Å². The van der Waals surface area contributed by atoms with Crippen LogP contribution in [0.15, 0.2) is 41.9 Å². The number of thiazole rings is 1. The van der Waals surface area contributed by atoms with Gasteiger partial charge in [-0.25, -0.2) is 14.6 Å². The summed E-state index contributed by atoms with van der Waals surface area (Å²) in [7, 11) is 4.94. The summed E-state index contributed by atoms with van der Waals surface area (Å²) in [4.78, 5) is 69.5. The number of aryl methyl sites for hydroxylation is 1. The van der Waals surface area contributed by atoms with Gasteiger partial charge in [-0.05, 0) is 69.4 Å². The van der Waals surface area contributed by atoms with E-state index in [2.05, 4.69) is 40.4 Å². The highest BCUT2D eigenvalue weighted by atomic mass is 32.1. The molecule has 4 atom stereocenters. The molecule has 0 radical (unpaired) electrons. The van der Waals surface area contributed by atoms with Crippen LogP contribution in [0.2, 0.25) is 0 Å². The quantitative estimate of drug-likeness (QED) is 0.185. The molecule has 3 aliphatic rings. The van der Waals surface area contributed by atoms with Gasteiger partial charge in [0, 0.05) is 86.2 Å². The van der Waals surface area contributed by atoms with E-state index in [1.165, 1.54) is 21.2 Å². The van der Waals surface area contributed by atoms with Crippen LogP contribution in [0.1, 0.15) is 83.7 Å². The Hall–Kier alpha value is -4.94. The Morgan fingerprint density at radius 1 is 1.13 bits per heavy atom. The van der Waals surface area contributed by atoms with Gasteiger partial charge in [0.25, 0.3) is 5.91 Å². The summed E-state index contributed by atoms with van der Waals surface area (Å²) in [6.45, 7) is 15.3. The highest BCUT2D eigenvalue weighted by molar-refractivity contribution is 7.10. The molecule has 340 valence electrons. The predicted molar refractivity (Wildman–Crippen MR) is 239 cm³/mol. The van der Waals surface area contributed by atoms with Gasteiger partial charge >= 0.3 is 12.0 Å². The fourth-order valence-corrected chi connectivity index (χ4v) is 9.81. The normalized spacial score (nSPS) is 22.2. The third-order valence-electron chi connectivity index (χ3n) is 12.8. The van der Waals surface area contributed by atoms with Gasteiger partial charge in [-0.15, -0.1) is 11.3 Å². The molecule has 0 saturated carbocycles. The number of carbonyl (C=O) groups is 4. The van der Waals surface area contributed by atoms with Crippen molar-refractivity contribution in [3.05, 3.63) is 58.2 Å². The third-order valence-corrected chi connectivity index (χ3v) is 13.7. The Balaban J connectivity index is 1.31. The molecule has 17 heteroatoms. The van der Waals surface area contributed by atoms with Crippen LogP contribution < -0.4 is 10.7 Å². The van der Waals surface area contributed by atoms with Crippen molar-refractivity contribution in [2.75, 3.05) is 47.6 Å². The lowest BCUT2D eigenvalue weighted by molar-refractivity contribution is -0.189. The lowest BCUT2D eigenvalue weighted by Gasteiger charge is -2.47. The van der Waals surface area contributed by atoms with E-state index in [9.17, 15) is 24.3 Å². The van der Waals surface area contributed by atoms with Crippen LogP contribution in [-0.2, 0) is 48.0 Å². The number of aromatic nitrogens is 3. The van der Waals surface area contributed by atoms with Gasteiger partial charge in [0.15, 0.2) is 0 Å². The molecule has 3 aliphatic heterocycles. The fourth-order valence-electron chi connectivity index (χ4n) is 8.96. The van der Waals surface area contributed by atoms with Crippen molar-refractivity contribution in [1.82, 2.24) is 40.1 Å². The maximum absolute atomic E-state index is 14.6. The summed E-state index contributed by atoms with van der Waals surface area (Å²) in [6, 6.07) is 7.80. The zero-order chi connectivity index (χ0) is 45.6. The largest absolute Gasteiger partial charge is 0.462 e. The first kappa shape index (κ1) is 46.1. The molecule has 6 heterocycles. The Labute approximate surface area is 373 Å². The number of esters is 1. The lowest BCUT2D eigenvalue weighted by atomic mass is 9.84. The zero-order valence-corrected chi connectivity index (χ0v) is 38.9. The number of rotatable bonds is 9. The van der Waals surface area contributed by atoms with E-state index in [0.717, 1.165) is 39.0 Å². The molecular weight excluding hydrogens is 825 g/mol. The van der Waals surface area contributed by atoms with Gasteiger partial charge in [0.05, 0.1) is 53.6 Å². The number of carbonyl (C=O) groups excluding carboxylic acids is 4. The van der Waals surface area contributed by atoms with E-state index in [1.807, 2.05) is 59.1 Å². The highest BCUT2D eigenvalue weighted by Gasteiger charge is 2.47. The minimum Gasteiger partial charge on any atom is -0.462 e. The van der Waals surface area contributed by atoms with Crippen LogP contribution in [0, 0.1) is 11.3 Å². The molecule has 2 saturated heterocycles. The summed E-state index contributed by atoms with van der Waals surface area (Å²) in [5.74, 6) is -2.33. The van der Waals surface area contributed by atoms with Gasteiger partial charge in [-0.2, -0.15) is 5.43 Å². The molecule has 16 nitrogen and oxygen atoms in total. The number of cyclic esters (lactones) is 1. The molecule has 4 amide bonds. The summed E-state index contributed by atoms with van der Waals surface area (Å²) < 4.78 is 19.4. The first-order valence-corrected chi connectivity index (χ1v) is 22.6.